The van der Waals surface area contributed by atoms with Crippen LogP contribution in [-0.2, 0) is 22.4 Å². The van der Waals surface area contributed by atoms with Gasteiger partial charge in [0, 0.05) is 24.2 Å². The summed E-state index contributed by atoms with van der Waals surface area (Å²) >= 11 is 0. The number of rotatable bonds is 11. The van der Waals surface area contributed by atoms with E-state index < -0.39 is 17.9 Å². The van der Waals surface area contributed by atoms with Crippen molar-refractivity contribution in [2.24, 2.45) is 11.8 Å². The Morgan fingerprint density at radius 3 is 2.26 bits per heavy atom. The lowest BCUT2D eigenvalue weighted by Gasteiger charge is -2.27. The topological polar surface area (TPSA) is 97.3 Å². The molecule has 0 spiro atoms. The number of fused-ring (bicyclic) bond motifs is 1. The Kier molecular flexibility index (Phi) is 9.25. The number of aliphatic carboxylic acids is 1. The molecule has 3 aromatic carbocycles. The van der Waals surface area contributed by atoms with E-state index in [0.717, 1.165) is 46.5 Å². The first-order valence-corrected chi connectivity index (χ1v) is 15.2. The van der Waals surface area contributed by atoms with Gasteiger partial charge in [0.15, 0.2) is 11.5 Å². The van der Waals surface area contributed by atoms with Gasteiger partial charge in [0.1, 0.15) is 5.75 Å². The second-order valence-electron chi connectivity index (χ2n) is 11.9. The molecule has 1 saturated heterocycles. The fourth-order valence-electron chi connectivity index (χ4n) is 6.32. The highest BCUT2D eigenvalue weighted by atomic mass is 16.7. The molecule has 2 heterocycles. The fourth-order valence-corrected chi connectivity index (χ4v) is 6.32. The lowest BCUT2D eigenvalue weighted by atomic mass is 9.82. The third kappa shape index (κ3) is 6.64. The van der Waals surface area contributed by atoms with Gasteiger partial charge in [-0.05, 0) is 72.2 Å². The van der Waals surface area contributed by atoms with Gasteiger partial charge in [-0.1, -0.05) is 63.6 Å². The van der Waals surface area contributed by atoms with Crippen molar-refractivity contribution in [3.63, 3.8) is 0 Å². The lowest BCUT2D eigenvalue weighted by molar-refractivity contribution is -0.143. The Bertz CT molecular complexity index is 1440. The number of likely N-dealkylation sites (tertiary alicyclic amines) is 1. The van der Waals surface area contributed by atoms with E-state index in [9.17, 15) is 14.7 Å². The summed E-state index contributed by atoms with van der Waals surface area (Å²) in [6, 6.07) is 16.9. The van der Waals surface area contributed by atoms with Crippen LogP contribution in [0.1, 0.15) is 67.5 Å². The number of carbonyl (C=O) groups is 2. The number of anilines is 1. The molecule has 2 N–H and O–H groups in total. The van der Waals surface area contributed by atoms with Crippen LogP contribution in [0.3, 0.4) is 0 Å². The molecule has 0 bridgehead atoms. The van der Waals surface area contributed by atoms with Gasteiger partial charge in [-0.25, -0.2) is 0 Å². The van der Waals surface area contributed by atoms with E-state index in [4.69, 9.17) is 14.2 Å². The fraction of sp³-hybridized carbons (Fsp3) is 0.429. The lowest BCUT2D eigenvalue weighted by Crippen LogP contribution is -2.35. The van der Waals surface area contributed by atoms with Gasteiger partial charge >= 0.3 is 5.97 Å². The minimum absolute atomic E-state index is 0.0568. The number of nitrogens with zero attached hydrogens (tertiary/aromatic N) is 1. The molecule has 0 saturated carbocycles. The third-order valence-electron chi connectivity index (χ3n) is 8.33. The predicted octanol–water partition coefficient (Wildman–Crippen LogP) is 6.36. The number of carboxylic acid groups (broad SMARTS) is 1. The minimum Gasteiger partial charge on any atom is -0.493 e. The van der Waals surface area contributed by atoms with E-state index in [0.29, 0.717) is 30.6 Å². The molecule has 0 radical (unpaired) electrons. The van der Waals surface area contributed by atoms with Crippen molar-refractivity contribution in [3.8, 4) is 17.2 Å². The van der Waals surface area contributed by atoms with Gasteiger partial charge in [-0.2, -0.15) is 0 Å². The van der Waals surface area contributed by atoms with Crippen LogP contribution in [0.5, 0.6) is 17.2 Å². The van der Waals surface area contributed by atoms with Gasteiger partial charge in [-0.15, -0.1) is 0 Å². The van der Waals surface area contributed by atoms with E-state index in [2.05, 4.69) is 52.1 Å². The standard InChI is InChI=1S/C35H42N2O6/c1-6-23-14-22(5)15-24(7-2)33(23)36-31(38)18-37-17-28(26-10-13-29-30(16-26)43-20-42-29)32(35(39)40)34(37)25-8-11-27(12-9-25)41-19-21(3)4/h8-16,21,28,32,34H,6-7,17-20H2,1-5H3,(H,36,38)(H,39,40)/t28-,32?,34+/m1/s1. The monoisotopic (exact) mass is 586 g/mol. The summed E-state index contributed by atoms with van der Waals surface area (Å²) in [5, 5.41) is 13.8. The van der Waals surface area contributed by atoms with Gasteiger partial charge in [0.2, 0.25) is 12.7 Å². The smallest absolute Gasteiger partial charge is 0.309 e. The molecule has 0 aromatic heterocycles. The number of aryl methyl sites for hydroxylation is 3. The van der Waals surface area contributed by atoms with Crippen LogP contribution in [0.2, 0.25) is 0 Å². The Balaban J connectivity index is 1.47. The maximum atomic E-state index is 13.7. The first-order valence-electron chi connectivity index (χ1n) is 15.2. The van der Waals surface area contributed by atoms with Crippen LogP contribution >= 0.6 is 0 Å². The highest BCUT2D eigenvalue weighted by molar-refractivity contribution is 5.94. The quantitative estimate of drug-likeness (QED) is 0.270. The maximum absolute atomic E-state index is 13.7. The summed E-state index contributed by atoms with van der Waals surface area (Å²) in [5.74, 6) is 0.164. The molecular weight excluding hydrogens is 544 g/mol. The molecular formula is C35H42N2O6. The average Bonchev–Trinajstić information content (AvgIpc) is 3.61. The van der Waals surface area contributed by atoms with Crippen molar-refractivity contribution < 1.29 is 28.9 Å². The van der Waals surface area contributed by atoms with Crippen molar-refractivity contribution in [3.05, 3.63) is 82.4 Å². The normalized spacial score (nSPS) is 19.5. The van der Waals surface area contributed by atoms with Crippen molar-refractivity contribution in [1.82, 2.24) is 4.90 Å². The highest BCUT2D eigenvalue weighted by Gasteiger charge is 2.48. The van der Waals surface area contributed by atoms with Crippen LogP contribution in [0.4, 0.5) is 5.69 Å². The molecule has 5 rings (SSSR count). The molecule has 0 aliphatic carbocycles. The largest absolute Gasteiger partial charge is 0.493 e. The number of carbonyl (C=O) groups excluding carboxylic acids is 1. The van der Waals surface area contributed by atoms with E-state index >= 15 is 0 Å². The Morgan fingerprint density at radius 2 is 1.63 bits per heavy atom. The minimum atomic E-state index is -0.907. The SMILES string of the molecule is CCc1cc(C)cc(CC)c1NC(=O)CN1C[C@H](c2ccc3c(c2)OCO3)C(C(=O)O)[C@@H]1c1ccc(OCC(C)C)cc1. The molecule has 3 atom stereocenters. The summed E-state index contributed by atoms with van der Waals surface area (Å²) in [6.07, 6.45) is 1.60. The van der Waals surface area contributed by atoms with E-state index in [1.54, 1.807) is 0 Å². The molecule has 1 unspecified atom stereocenters. The molecule has 43 heavy (non-hydrogen) atoms. The van der Waals surface area contributed by atoms with Crippen molar-refractivity contribution in [1.29, 1.82) is 0 Å². The Morgan fingerprint density at radius 1 is 0.977 bits per heavy atom. The number of ether oxygens (including phenoxy) is 3. The second kappa shape index (κ2) is 13.1. The van der Waals surface area contributed by atoms with Crippen LogP contribution in [0.25, 0.3) is 0 Å². The maximum Gasteiger partial charge on any atom is 0.309 e. The van der Waals surface area contributed by atoms with Crippen molar-refractivity contribution >= 4 is 17.6 Å². The zero-order valence-electron chi connectivity index (χ0n) is 25.7. The number of carboxylic acids is 1. The zero-order chi connectivity index (χ0) is 30.7. The van der Waals surface area contributed by atoms with Gasteiger partial charge in [-0.3, -0.25) is 14.5 Å². The van der Waals surface area contributed by atoms with Crippen molar-refractivity contribution in [2.75, 3.05) is 31.8 Å². The van der Waals surface area contributed by atoms with Crippen LogP contribution in [0.15, 0.2) is 54.6 Å². The summed E-state index contributed by atoms with van der Waals surface area (Å²) in [6.45, 7) is 11.6. The predicted molar refractivity (Wildman–Crippen MR) is 166 cm³/mol. The van der Waals surface area contributed by atoms with E-state index in [1.165, 1.54) is 5.56 Å². The molecule has 8 nitrogen and oxygen atoms in total. The molecule has 2 aliphatic heterocycles. The molecule has 228 valence electrons. The summed E-state index contributed by atoms with van der Waals surface area (Å²) in [7, 11) is 0. The number of benzene rings is 3. The summed E-state index contributed by atoms with van der Waals surface area (Å²) in [5.41, 5.74) is 5.91. The van der Waals surface area contributed by atoms with Crippen LogP contribution < -0.4 is 19.5 Å². The van der Waals surface area contributed by atoms with Crippen LogP contribution in [0, 0.1) is 18.8 Å². The Labute approximate surface area is 254 Å². The number of nitrogens with one attached hydrogen (secondary N) is 1. The second-order valence-corrected chi connectivity index (χ2v) is 11.9. The molecule has 2 aliphatic rings. The molecule has 8 heteroatoms. The molecule has 3 aromatic rings. The Hall–Kier alpha value is -4.04. The molecule has 1 amide bonds. The third-order valence-corrected chi connectivity index (χ3v) is 8.33. The number of amides is 1. The first-order chi connectivity index (χ1) is 20.7. The van der Waals surface area contributed by atoms with E-state index in [-0.39, 0.29) is 25.2 Å². The number of hydrogen-bond donors (Lipinski definition) is 2. The first kappa shape index (κ1) is 30.4. The summed E-state index contributed by atoms with van der Waals surface area (Å²) < 4.78 is 17.0. The van der Waals surface area contributed by atoms with Gasteiger partial charge in [0.25, 0.3) is 0 Å². The van der Waals surface area contributed by atoms with Gasteiger partial charge in [0.05, 0.1) is 19.1 Å². The zero-order valence-corrected chi connectivity index (χ0v) is 25.7. The van der Waals surface area contributed by atoms with Crippen LogP contribution in [-0.4, -0.2) is 48.4 Å². The highest BCUT2D eigenvalue weighted by Crippen LogP contribution is 2.47. The van der Waals surface area contributed by atoms with Gasteiger partial charge < -0.3 is 24.6 Å². The van der Waals surface area contributed by atoms with E-state index in [1.807, 2.05) is 47.4 Å². The number of hydrogen-bond acceptors (Lipinski definition) is 6. The summed E-state index contributed by atoms with van der Waals surface area (Å²) in [4.78, 5) is 28.6. The molecule has 1 fully saturated rings. The van der Waals surface area contributed by atoms with Crippen molar-refractivity contribution in [2.45, 2.75) is 59.4 Å². The average molecular weight is 587 g/mol.